The lowest BCUT2D eigenvalue weighted by Gasteiger charge is -2.28. The average molecular weight is 240 g/mol. The minimum absolute atomic E-state index is 0.0504. The van der Waals surface area contributed by atoms with Crippen LogP contribution in [0.3, 0.4) is 0 Å². The molecule has 88 valence electrons. The number of anilines is 1. The Balaban J connectivity index is 2.18. The van der Waals surface area contributed by atoms with Crippen LogP contribution in [0.2, 0.25) is 0 Å². The summed E-state index contributed by atoms with van der Waals surface area (Å²) in [5.41, 5.74) is 1.05. The third kappa shape index (κ3) is 2.46. The summed E-state index contributed by atoms with van der Waals surface area (Å²) in [6, 6.07) is 1.99. The third-order valence-electron chi connectivity index (χ3n) is 3.18. The molecule has 1 aromatic heterocycles. The maximum Gasteiger partial charge on any atom is 0.130 e. The van der Waals surface area contributed by atoms with Gasteiger partial charge in [0.1, 0.15) is 11.6 Å². The maximum absolute atomic E-state index is 6.09. The first-order valence-corrected chi connectivity index (χ1v) is 6.33. The van der Waals surface area contributed by atoms with Crippen LogP contribution in [0.1, 0.15) is 37.2 Å². The van der Waals surface area contributed by atoms with Crippen molar-refractivity contribution in [2.24, 2.45) is 0 Å². The number of halogens is 1. The van der Waals surface area contributed by atoms with Crippen molar-refractivity contribution in [3.63, 3.8) is 0 Å². The first-order chi connectivity index (χ1) is 7.63. The molecule has 0 saturated heterocycles. The van der Waals surface area contributed by atoms with Gasteiger partial charge in [-0.25, -0.2) is 9.97 Å². The van der Waals surface area contributed by atoms with Crippen molar-refractivity contribution in [1.82, 2.24) is 9.97 Å². The monoisotopic (exact) mass is 239 g/mol. The van der Waals surface area contributed by atoms with Crippen LogP contribution in [0, 0.1) is 13.8 Å². The summed E-state index contributed by atoms with van der Waals surface area (Å²) in [5, 5.41) is 3.50. The highest BCUT2D eigenvalue weighted by Gasteiger charge is 2.33. The van der Waals surface area contributed by atoms with Gasteiger partial charge in [-0.3, -0.25) is 0 Å². The summed E-state index contributed by atoms with van der Waals surface area (Å²) < 4.78 is 0. The Hall–Kier alpha value is -0.830. The molecule has 0 spiro atoms. The van der Waals surface area contributed by atoms with Crippen molar-refractivity contribution in [2.45, 2.75) is 45.1 Å². The first-order valence-electron chi connectivity index (χ1n) is 5.80. The number of nitrogens with one attached hydrogen (secondary N) is 1. The fraction of sp³-hybridized carbons (Fsp3) is 0.667. The molecular formula is C12H18ClN3. The molecule has 0 amide bonds. The number of nitrogens with zero attached hydrogens (tertiary/aromatic N) is 2. The molecule has 16 heavy (non-hydrogen) atoms. The third-order valence-corrected chi connectivity index (χ3v) is 3.69. The van der Waals surface area contributed by atoms with Crippen LogP contribution < -0.4 is 5.32 Å². The van der Waals surface area contributed by atoms with Gasteiger partial charge in [0.15, 0.2) is 0 Å². The predicted molar refractivity (Wildman–Crippen MR) is 67.0 cm³/mol. The lowest BCUT2D eigenvalue weighted by atomic mass is 10.0. The molecule has 0 aromatic carbocycles. The van der Waals surface area contributed by atoms with Crippen molar-refractivity contribution in [3.05, 3.63) is 17.6 Å². The number of aryl methyl sites for hydroxylation is 2. The Morgan fingerprint density at radius 2 is 2.00 bits per heavy atom. The number of aromatic nitrogens is 2. The van der Waals surface area contributed by atoms with E-state index in [1.165, 1.54) is 12.8 Å². The summed E-state index contributed by atoms with van der Waals surface area (Å²) >= 11 is 6.09. The van der Waals surface area contributed by atoms with Gasteiger partial charge in [0.2, 0.25) is 0 Å². The van der Waals surface area contributed by atoms with Gasteiger partial charge in [0.05, 0.1) is 5.54 Å². The minimum Gasteiger partial charge on any atom is -0.363 e. The van der Waals surface area contributed by atoms with Crippen LogP contribution in [0.25, 0.3) is 0 Å². The van der Waals surface area contributed by atoms with Crippen LogP contribution >= 0.6 is 11.6 Å². The second-order valence-electron chi connectivity index (χ2n) is 4.69. The van der Waals surface area contributed by atoms with Crippen LogP contribution in [-0.2, 0) is 0 Å². The quantitative estimate of drug-likeness (QED) is 0.824. The fourth-order valence-corrected chi connectivity index (χ4v) is 2.73. The van der Waals surface area contributed by atoms with Gasteiger partial charge in [0.25, 0.3) is 0 Å². The van der Waals surface area contributed by atoms with E-state index in [2.05, 4.69) is 15.3 Å². The van der Waals surface area contributed by atoms with Gasteiger partial charge in [-0.2, -0.15) is 0 Å². The maximum atomic E-state index is 6.09. The number of hydrogen-bond acceptors (Lipinski definition) is 3. The standard InChI is InChI=1S/C12H18ClN3/c1-9-7-11(15-10(2)14-9)16-12(8-13)5-3-4-6-12/h7H,3-6,8H2,1-2H3,(H,14,15,16). The molecule has 1 saturated carbocycles. The van der Waals surface area contributed by atoms with Crippen molar-refractivity contribution >= 4 is 17.4 Å². The predicted octanol–water partition coefficient (Wildman–Crippen LogP) is 3.06. The molecule has 1 N–H and O–H groups in total. The number of alkyl halides is 1. The Kier molecular flexibility index (Phi) is 3.33. The van der Waals surface area contributed by atoms with E-state index in [1.54, 1.807) is 0 Å². The van der Waals surface area contributed by atoms with E-state index in [0.29, 0.717) is 5.88 Å². The molecule has 4 heteroatoms. The van der Waals surface area contributed by atoms with Crippen molar-refractivity contribution < 1.29 is 0 Å². The van der Waals surface area contributed by atoms with E-state index in [-0.39, 0.29) is 5.54 Å². The van der Waals surface area contributed by atoms with E-state index in [9.17, 15) is 0 Å². The van der Waals surface area contributed by atoms with Gasteiger partial charge in [-0.1, -0.05) is 12.8 Å². The van der Waals surface area contributed by atoms with Crippen molar-refractivity contribution in [3.8, 4) is 0 Å². The number of hydrogen-bond donors (Lipinski definition) is 1. The lowest BCUT2D eigenvalue weighted by Crippen LogP contribution is -2.37. The van der Waals surface area contributed by atoms with E-state index in [4.69, 9.17) is 11.6 Å². The molecule has 0 unspecified atom stereocenters. The normalized spacial score (nSPS) is 18.7. The SMILES string of the molecule is Cc1cc(NC2(CCl)CCCC2)nc(C)n1. The summed E-state index contributed by atoms with van der Waals surface area (Å²) in [4.78, 5) is 8.68. The average Bonchev–Trinajstić information content (AvgIpc) is 2.65. The topological polar surface area (TPSA) is 37.8 Å². The molecule has 1 heterocycles. The molecule has 1 aromatic rings. The smallest absolute Gasteiger partial charge is 0.130 e. The molecule has 0 bridgehead atoms. The Morgan fingerprint density at radius 3 is 2.56 bits per heavy atom. The zero-order valence-corrected chi connectivity index (χ0v) is 10.6. The Morgan fingerprint density at radius 1 is 1.31 bits per heavy atom. The highest BCUT2D eigenvalue weighted by molar-refractivity contribution is 6.18. The molecule has 0 atom stereocenters. The van der Waals surface area contributed by atoms with E-state index < -0.39 is 0 Å². The van der Waals surface area contributed by atoms with Crippen LogP contribution in [0.4, 0.5) is 5.82 Å². The van der Waals surface area contributed by atoms with Crippen molar-refractivity contribution in [2.75, 3.05) is 11.2 Å². The second kappa shape index (κ2) is 4.58. The highest BCUT2D eigenvalue weighted by atomic mass is 35.5. The summed E-state index contributed by atoms with van der Waals surface area (Å²) in [7, 11) is 0. The summed E-state index contributed by atoms with van der Waals surface area (Å²) in [5.74, 6) is 2.37. The molecule has 0 radical (unpaired) electrons. The largest absolute Gasteiger partial charge is 0.363 e. The van der Waals surface area contributed by atoms with Gasteiger partial charge < -0.3 is 5.32 Å². The first kappa shape index (κ1) is 11.6. The van der Waals surface area contributed by atoms with Gasteiger partial charge >= 0.3 is 0 Å². The van der Waals surface area contributed by atoms with E-state index in [0.717, 1.165) is 30.2 Å². The second-order valence-corrected chi connectivity index (χ2v) is 4.96. The zero-order valence-electron chi connectivity index (χ0n) is 9.89. The van der Waals surface area contributed by atoms with Crippen LogP contribution in [-0.4, -0.2) is 21.4 Å². The molecule has 1 fully saturated rings. The van der Waals surface area contributed by atoms with Crippen LogP contribution in [0.15, 0.2) is 6.07 Å². The Labute approximate surface area is 102 Å². The summed E-state index contributed by atoms with van der Waals surface area (Å²) in [6.45, 7) is 3.90. The minimum atomic E-state index is 0.0504. The van der Waals surface area contributed by atoms with Crippen LogP contribution in [0.5, 0.6) is 0 Å². The van der Waals surface area contributed by atoms with E-state index >= 15 is 0 Å². The zero-order chi connectivity index (χ0) is 11.6. The highest BCUT2D eigenvalue weighted by Crippen LogP contribution is 2.33. The fourth-order valence-electron chi connectivity index (χ4n) is 2.40. The van der Waals surface area contributed by atoms with E-state index in [1.807, 2.05) is 19.9 Å². The molecule has 1 aliphatic rings. The lowest BCUT2D eigenvalue weighted by molar-refractivity contribution is 0.537. The van der Waals surface area contributed by atoms with Gasteiger partial charge in [-0.05, 0) is 26.7 Å². The summed E-state index contributed by atoms with van der Waals surface area (Å²) in [6.07, 6.45) is 4.78. The molecular weight excluding hydrogens is 222 g/mol. The molecule has 1 aliphatic carbocycles. The number of rotatable bonds is 3. The van der Waals surface area contributed by atoms with Crippen molar-refractivity contribution in [1.29, 1.82) is 0 Å². The molecule has 3 nitrogen and oxygen atoms in total. The van der Waals surface area contributed by atoms with Gasteiger partial charge in [-0.15, -0.1) is 11.6 Å². The molecule has 2 rings (SSSR count). The molecule has 0 aliphatic heterocycles. The van der Waals surface area contributed by atoms with Gasteiger partial charge in [0, 0.05) is 17.6 Å². The Bertz CT molecular complexity index is 352.